The first-order valence-electron chi connectivity index (χ1n) is 6.46. The zero-order chi connectivity index (χ0) is 15.4. The van der Waals surface area contributed by atoms with Crippen molar-refractivity contribution >= 4 is 17.9 Å². The van der Waals surface area contributed by atoms with Crippen LogP contribution in [0.4, 0.5) is 5.69 Å². The zero-order valence-corrected chi connectivity index (χ0v) is 11.7. The monoisotopic (exact) mass is 289 g/mol. The van der Waals surface area contributed by atoms with Crippen molar-refractivity contribution in [2.24, 2.45) is 5.10 Å². The normalized spacial score (nSPS) is 17.3. The minimum absolute atomic E-state index is 0.0275. The highest BCUT2D eigenvalue weighted by Crippen LogP contribution is 2.29. The lowest BCUT2D eigenvalue weighted by molar-refractivity contribution is -0.384. The Balaban J connectivity index is 2.43. The predicted octanol–water partition coefficient (Wildman–Crippen LogP) is 2.10. The third kappa shape index (κ3) is 3.07. The smallest absolute Gasteiger partial charge is 0.336 e. The predicted molar refractivity (Wildman–Crippen MR) is 76.8 cm³/mol. The highest BCUT2D eigenvalue weighted by Gasteiger charge is 2.28. The van der Waals surface area contributed by atoms with Crippen molar-refractivity contribution in [2.75, 3.05) is 6.61 Å². The molecule has 0 aromatic heterocycles. The van der Waals surface area contributed by atoms with Crippen LogP contribution in [0.3, 0.4) is 0 Å². The number of nitro benzene ring substituents is 1. The molecule has 1 unspecified atom stereocenters. The van der Waals surface area contributed by atoms with E-state index < -0.39 is 16.8 Å². The fourth-order valence-electron chi connectivity index (χ4n) is 2.15. The molecule has 1 N–H and O–H groups in total. The van der Waals surface area contributed by atoms with E-state index in [1.165, 1.54) is 18.3 Å². The summed E-state index contributed by atoms with van der Waals surface area (Å²) in [4.78, 5) is 22.5. The van der Waals surface area contributed by atoms with Crippen LogP contribution < -0.4 is 5.43 Å². The number of ether oxygens (including phenoxy) is 1. The summed E-state index contributed by atoms with van der Waals surface area (Å²) in [6.07, 6.45) is 1.54. The van der Waals surface area contributed by atoms with Gasteiger partial charge in [0, 0.05) is 24.0 Å². The number of nitrogens with one attached hydrogen (secondary N) is 1. The Morgan fingerprint density at radius 3 is 2.95 bits per heavy atom. The summed E-state index contributed by atoms with van der Waals surface area (Å²) in [7, 11) is 0. The number of esters is 1. The molecule has 1 aliphatic rings. The second-order valence-electron chi connectivity index (χ2n) is 4.48. The van der Waals surface area contributed by atoms with Crippen molar-refractivity contribution in [3.63, 3.8) is 0 Å². The summed E-state index contributed by atoms with van der Waals surface area (Å²) in [6.45, 7) is 3.70. The van der Waals surface area contributed by atoms with Crippen LogP contribution in [0.2, 0.25) is 0 Å². The molecule has 2 rings (SSSR count). The van der Waals surface area contributed by atoms with Gasteiger partial charge in [0.25, 0.3) is 5.69 Å². The van der Waals surface area contributed by atoms with Crippen LogP contribution in [0.1, 0.15) is 25.3 Å². The molecule has 0 amide bonds. The number of benzene rings is 1. The first-order chi connectivity index (χ1) is 10.0. The second-order valence-corrected chi connectivity index (χ2v) is 4.48. The minimum Gasteiger partial charge on any atom is -0.463 e. The quantitative estimate of drug-likeness (QED) is 0.520. The molecule has 21 heavy (non-hydrogen) atoms. The van der Waals surface area contributed by atoms with Crippen molar-refractivity contribution in [1.29, 1.82) is 0 Å². The van der Waals surface area contributed by atoms with Crippen molar-refractivity contribution in [3.05, 3.63) is 51.2 Å². The van der Waals surface area contributed by atoms with Gasteiger partial charge in [0.05, 0.1) is 23.0 Å². The molecule has 7 heteroatoms. The largest absolute Gasteiger partial charge is 0.463 e. The molecule has 0 saturated carbocycles. The Hall–Kier alpha value is -2.70. The third-order valence-electron chi connectivity index (χ3n) is 3.11. The van der Waals surface area contributed by atoms with Crippen molar-refractivity contribution < 1.29 is 14.5 Å². The van der Waals surface area contributed by atoms with Crippen LogP contribution in [0, 0.1) is 10.1 Å². The lowest BCUT2D eigenvalue weighted by Gasteiger charge is -2.21. The molecular formula is C14H15N3O4. The molecule has 0 spiro atoms. The lowest BCUT2D eigenvalue weighted by atomic mass is 9.90. The lowest BCUT2D eigenvalue weighted by Crippen LogP contribution is -2.25. The SMILES string of the molecule is CCOC(=O)C1=C(C)NN=CC1c1cccc([N+](=O)[O-])c1. The van der Waals surface area contributed by atoms with Crippen LogP contribution in [0.15, 0.2) is 40.6 Å². The van der Waals surface area contributed by atoms with Crippen LogP contribution >= 0.6 is 0 Å². The molecule has 1 aromatic rings. The summed E-state index contributed by atoms with van der Waals surface area (Å²) in [5.74, 6) is -0.921. The van der Waals surface area contributed by atoms with E-state index in [9.17, 15) is 14.9 Å². The van der Waals surface area contributed by atoms with Gasteiger partial charge in [-0.15, -0.1) is 0 Å². The van der Waals surface area contributed by atoms with E-state index >= 15 is 0 Å². The van der Waals surface area contributed by atoms with E-state index in [2.05, 4.69) is 10.5 Å². The molecule has 1 aromatic carbocycles. The standard InChI is InChI=1S/C14H15N3O4/c1-3-21-14(18)13-9(2)16-15-8-12(13)10-5-4-6-11(7-10)17(19)20/h4-8,12,16H,3H2,1-2H3. The Morgan fingerprint density at radius 1 is 1.52 bits per heavy atom. The van der Waals surface area contributed by atoms with Gasteiger partial charge in [-0.25, -0.2) is 4.79 Å². The summed E-state index contributed by atoms with van der Waals surface area (Å²) in [5.41, 5.74) is 4.30. The number of carbonyl (C=O) groups excluding carboxylic acids is 1. The Bertz CT molecular complexity index is 637. The maximum absolute atomic E-state index is 12.1. The van der Waals surface area contributed by atoms with Crippen molar-refractivity contribution in [2.45, 2.75) is 19.8 Å². The topological polar surface area (TPSA) is 93.8 Å². The number of hydrazone groups is 1. The van der Waals surface area contributed by atoms with Crippen molar-refractivity contribution in [3.8, 4) is 0 Å². The summed E-state index contributed by atoms with van der Waals surface area (Å²) in [5, 5.41) is 14.8. The maximum atomic E-state index is 12.1. The molecule has 110 valence electrons. The molecule has 0 bridgehead atoms. The molecule has 1 atom stereocenters. The van der Waals surface area contributed by atoms with Crippen LogP contribution in [0.25, 0.3) is 0 Å². The molecule has 1 aliphatic heterocycles. The zero-order valence-electron chi connectivity index (χ0n) is 11.7. The van der Waals surface area contributed by atoms with E-state index in [-0.39, 0.29) is 12.3 Å². The summed E-state index contributed by atoms with van der Waals surface area (Å²) < 4.78 is 5.05. The van der Waals surface area contributed by atoms with Gasteiger partial charge < -0.3 is 4.74 Å². The van der Waals surface area contributed by atoms with Gasteiger partial charge >= 0.3 is 5.97 Å². The van der Waals surface area contributed by atoms with Gasteiger partial charge in [0.15, 0.2) is 0 Å². The van der Waals surface area contributed by atoms with Crippen molar-refractivity contribution in [1.82, 2.24) is 5.43 Å². The van der Waals surface area contributed by atoms with Crippen LogP contribution in [-0.4, -0.2) is 23.7 Å². The number of hydrogen-bond donors (Lipinski definition) is 1. The van der Waals surface area contributed by atoms with Gasteiger partial charge in [-0.05, 0) is 19.4 Å². The molecular weight excluding hydrogens is 274 g/mol. The highest BCUT2D eigenvalue weighted by atomic mass is 16.6. The van der Waals surface area contributed by atoms with E-state index in [0.717, 1.165) is 0 Å². The van der Waals surface area contributed by atoms with Crippen LogP contribution in [0.5, 0.6) is 0 Å². The fourth-order valence-corrected chi connectivity index (χ4v) is 2.15. The number of nitro groups is 1. The molecule has 0 fully saturated rings. The maximum Gasteiger partial charge on any atom is 0.336 e. The Morgan fingerprint density at radius 2 is 2.29 bits per heavy atom. The number of carbonyl (C=O) groups is 1. The molecule has 0 saturated heterocycles. The van der Waals surface area contributed by atoms with Crippen LogP contribution in [-0.2, 0) is 9.53 Å². The first kappa shape index (κ1) is 14.7. The average Bonchev–Trinajstić information content (AvgIpc) is 2.47. The van der Waals surface area contributed by atoms with Gasteiger partial charge in [0.2, 0.25) is 0 Å². The molecule has 0 aliphatic carbocycles. The van der Waals surface area contributed by atoms with Gasteiger partial charge in [-0.1, -0.05) is 12.1 Å². The van der Waals surface area contributed by atoms with E-state index in [1.54, 1.807) is 26.0 Å². The number of allylic oxidation sites excluding steroid dienone is 1. The van der Waals surface area contributed by atoms with Gasteiger partial charge in [-0.2, -0.15) is 5.10 Å². The Kier molecular flexibility index (Phi) is 4.32. The Labute approximate surface area is 121 Å². The summed E-state index contributed by atoms with van der Waals surface area (Å²) >= 11 is 0. The summed E-state index contributed by atoms with van der Waals surface area (Å²) in [6, 6.07) is 6.15. The number of nitrogens with zero attached hydrogens (tertiary/aromatic N) is 2. The third-order valence-corrected chi connectivity index (χ3v) is 3.11. The van der Waals surface area contributed by atoms with Gasteiger partial charge in [-0.3, -0.25) is 15.5 Å². The van der Waals surface area contributed by atoms with Gasteiger partial charge in [0.1, 0.15) is 0 Å². The van der Waals surface area contributed by atoms with E-state index in [4.69, 9.17) is 4.74 Å². The highest BCUT2D eigenvalue weighted by molar-refractivity contribution is 5.97. The number of hydrogen-bond acceptors (Lipinski definition) is 6. The molecule has 0 radical (unpaired) electrons. The average molecular weight is 289 g/mol. The fraction of sp³-hybridized carbons (Fsp3) is 0.286. The minimum atomic E-state index is -0.470. The number of rotatable bonds is 4. The van der Waals surface area contributed by atoms with E-state index in [0.29, 0.717) is 16.8 Å². The first-order valence-corrected chi connectivity index (χ1v) is 6.46. The molecule has 1 heterocycles. The second kappa shape index (κ2) is 6.17. The van der Waals surface area contributed by atoms with E-state index in [1.807, 2.05) is 0 Å². The molecule has 7 nitrogen and oxygen atoms in total. The number of non-ortho nitro benzene ring substituents is 1.